The SMILES string of the molecule is CC(C)(CCCBr)CNC(=O)c1cccc(Br)c1F. The highest BCUT2D eigenvalue weighted by Crippen LogP contribution is 2.22. The van der Waals surface area contributed by atoms with Crippen LogP contribution in [0.15, 0.2) is 22.7 Å². The number of carbonyl (C=O) groups is 1. The third-order valence-corrected chi connectivity index (χ3v) is 4.08. The molecule has 0 saturated heterocycles. The first-order valence-corrected chi connectivity index (χ1v) is 8.07. The molecule has 1 aromatic carbocycles. The van der Waals surface area contributed by atoms with Gasteiger partial charge in [-0.15, -0.1) is 0 Å². The van der Waals surface area contributed by atoms with E-state index in [0.29, 0.717) is 11.0 Å². The van der Waals surface area contributed by atoms with E-state index in [-0.39, 0.29) is 16.9 Å². The number of hydrogen-bond donors (Lipinski definition) is 1. The van der Waals surface area contributed by atoms with E-state index in [4.69, 9.17) is 0 Å². The molecule has 0 radical (unpaired) electrons. The average Bonchev–Trinajstić information content (AvgIpc) is 2.37. The number of alkyl halides is 1. The molecule has 19 heavy (non-hydrogen) atoms. The zero-order valence-electron chi connectivity index (χ0n) is 11.1. The van der Waals surface area contributed by atoms with Gasteiger partial charge in [0.05, 0.1) is 10.0 Å². The Morgan fingerprint density at radius 3 is 2.74 bits per heavy atom. The maximum atomic E-state index is 13.8. The van der Waals surface area contributed by atoms with Crippen LogP contribution in [0.1, 0.15) is 37.0 Å². The fourth-order valence-electron chi connectivity index (χ4n) is 1.73. The maximum absolute atomic E-state index is 13.8. The molecule has 0 unspecified atom stereocenters. The molecule has 0 aliphatic rings. The van der Waals surface area contributed by atoms with Gasteiger partial charge in [0.15, 0.2) is 0 Å². The van der Waals surface area contributed by atoms with Crippen molar-refractivity contribution in [1.82, 2.24) is 5.32 Å². The zero-order chi connectivity index (χ0) is 14.5. The Morgan fingerprint density at radius 1 is 1.42 bits per heavy atom. The summed E-state index contributed by atoms with van der Waals surface area (Å²) < 4.78 is 14.1. The monoisotopic (exact) mass is 393 g/mol. The number of halogens is 3. The van der Waals surface area contributed by atoms with Gasteiger partial charge in [0.25, 0.3) is 5.91 Å². The van der Waals surface area contributed by atoms with Crippen LogP contribution in [0.4, 0.5) is 4.39 Å². The van der Waals surface area contributed by atoms with Crippen molar-refractivity contribution in [1.29, 1.82) is 0 Å². The minimum atomic E-state index is -0.515. The van der Waals surface area contributed by atoms with Crippen LogP contribution in [0.3, 0.4) is 0 Å². The lowest BCUT2D eigenvalue weighted by molar-refractivity contribution is 0.0930. The van der Waals surface area contributed by atoms with Crippen LogP contribution in [0, 0.1) is 11.2 Å². The van der Waals surface area contributed by atoms with Crippen molar-refractivity contribution in [3.63, 3.8) is 0 Å². The van der Waals surface area contributed by atoms with Crippen molar-refractivity contribution in [2.24, 2.45) is 5.41 Å². The van der Waals surface area contributed by atoms with Crippen molar-refractivity contribution < 1.29 is 9.18 Å². The molecule has 1 amide bonds. The fourth-order valence-corrected chi connectivity index (χ4v) is 2.37. The molecule has 1 rings (SSSR count). The van der Waals surface area contributed by atoms with Gasteiger partial charge < -0.3 is 5.32 Å². The van der Waals surface area contributed by atoms with E-state index >= 15 is 0 Å². The molecule has 1 N–H and O–H groups in total. The smallest absolute Gasteiger partial charge is 0.254 e. The number of carbonyl (C=O) groups excluding carboxylic acids is 1. The van der Waals surface area contributed by atoms with E-state index in [2.05, 4.69) is 51.0 Å². The first-order chi connectivity index (χ1) is 8.87. The van der Waals surface area contributed by atoms with E-state index < -0.39 is 5.82 Å². The molecule has 0 saturated carbocycles. The lowest BCUT2D eigenvalue weighted by atomic mass is 9.88. The van der Waals surface area contributed by atoms with Gasteiger partial charge in [-0.05, 0) is 46.3 Å². The molecule has 0 aliphatic heterocycles. The Hall–Kier alpha value is -0.420. The van der Waals surface area contributed by atoms with Gasteiger partial charge in [-0.3, -0.25) is 4.79 Å². The van der Waals surface area contributed by atoms with Crippen molar-refractivity contribution in [3.8, 4) is 0 Å². The standard InChI is InChI=1S/C14H18Br2FNO/c1-14(2,7-4-8-15)9-18-13(19)10-5-3-6-11(16)12(10)17/h3,5-6H,4,7-9H2,1-2H3,(H,18,19). The third kappa shape index (κ3) is 5.22. The van der Waals surface area contributed by atoms with Crippen LogP contribution in [-0.2, 0) is 0 Å². The van der Waals surface area contributed by atoms with Gasteiger partial charge in [0.1, 0.15) is 5.82 Å². The first-order valence-electron chi connectivity index (χ1n) is 6.15. The molecular formula is C14H18Br2FNO. The van der Waals surface area contributed by atoms with Gasteiger partial charge in [-0.1, -0.05) is 35.8 Å². The Labute approximate surface area is 130 Å². The summed E-state index contributed by atoms with van der Waals surface area (Å²) in [5.74, 6) is -0.885. The summed E-state index contributed by atoms with van der Waals surface area (Å²) in [6, 6.07) is 4.71. The van der Waals surface area contributed by atoms with Crippen LogP contribution < -0.4 is 5.32 Å². The van der Waals surface area contributed by atoms with E-state index in [1.54, 1.807) is 12.1 Å². The second kappa shape index (κ2) is 7.39. The van der Waals surface area contributed by atoms with E-state index in [0.717, 1.165) is 18.2 Å². The van der Waals surface area contributed by atoms with Crippen LogP contribution in [0.5, 0.6) is 0 Å². The van der Waals surface area contributed by atoms with Gasteiger partial charge >= 0.3 is 0 Å². The maximum Gasteiger partial charge on any atom is 0.254 e. The summed E-state index contributed by atoms with van der Waals surface area (Å²) in [6.45, 7) is 4.71. The number of hydrogen-bond acceptors (Lipinski definition) is 1. The van der Waals surface area contributed by atoms with E-state index in [9.17, 15) is 9.18 Å². The number of benzene rings is 1. The molecule has 0 heterocycles. The zero-order valence-corrected chi connectivity index (χ0v) is 14.3. The van der Waals surface area contributed by atoms with E-state index in [1.807, 2.05) is 0 Å². The summed E-state index contributed by atoms with van der Waals surface area (Å²) in [6.07, 6.45) is 2.05. The largest absolute Gasteiger partial charge is 0.351 e. The van der Waals surface area contributed by atoms with E-state index in [1.165, 1.54) is 6.07 Å². The van der Waals surface area contributed by atoms with Crippen LogP contribution in [-0.4, -0.2) is 17.8 Å². The highest BCUT2D eigenvalue weighted by atomic mass is 79.9. The van der Waals surface area contributed by atoms with Gasteiger partial charge in [0, 0.05) is 11.9 Å². The quantitative estimate of drug-likeness (QED) is 0.706. The Balaban J connectivity index is 2.63. The van der Waals surface area contributed by atoms with Crippen molar-refractivity contribution >= 4 is 37.8 Å². The van der Waals surface area contributed by atoms with Crippen LogP contribution in [0.2, 0.25) is 0 Å². The van der Waals surface area contributed by atoms with Gasteiger partial charge in [-0.2, -0.15) is 0 Å². The summed E-state index contributed by atoms with van der Waals surface area (Å²) >= 11 is 6.47. The molecule has 0 spiro atoms. The fraction of sp³-hybridized carbons (Fsp3) is 0.500. The molecule has 0 fully saturated rings. The third-order valence-electron chi connectivity index (χ3n) is 2.91. The van der Waals surface area contributed by atoms with Crippen molar-refractivity contribution in [2.45, 2.75) is 26.7 Å². The number of nitrogens with one attached hydrogen (secondary N) is 1. The Morgan fingerprint density at radius 2 is 2.11 bits per heavy atom. The molecule has 5 heteroatoms. The predicted molar refractivity (Wildman–Crippen MR) is 83.2 cm³/mol. The summed E-state index contributed by atoms with van der Waals surface area (Å²) in [5.41, 5.74) is 0.0806. The Kier molecular flexibility index (Phi) is 6.47. The number of amides is 1. The lowest BCUT2D eigenvalue weighted by Crippen LogP contribution is -2.34. The molecule has 0 atom stereocenters. The Bertz CT molecular complexity index is 449. The second-order valence-corrected chi connectivity index (χ2v) is 6.89. The van der Waals surface area contributed by atoms with Gasteiger partial charge in [0.2, 0.25) is 0 Å². The van der Waals surface area contributed by atoms with Crippen LogP contribution >= 0.6 is 31.9 Å². The van der Waals surface area contributed by atoms with Crippen molar-refractivity contribution in [2.75, 3.05) is 11.9 Å². The lowest BCUT2D eigenvalue weighted by Gasteiger charge is -2.24. The summed E-state index contributed by atoms with van der Waals surface area (Å²) in [5, 5.41) is 3.75. The second-order valence-electron chi connectivity index (χ2n) is 5.24. The number of rotatable bonds is 6. The predicted octanol–water partition coefficient (Wildman–Crippen LogP) is 4.52. The topological polar surface area (TPSA) is 29.1 Å². The van der Waals surface area contributed by atoms with Gasteiger partial charge in [-0.25, -0.2) is 4.39 Å². The average molecular weight is 395 g/mol. The molecule has 0 bridgehead atoms. The normalized spacial score (nSPS) is 11.4. The molecule has 2 nitrogen and oxygen atoms in total. The molecule has 106 valence electrons. The summed E-state index contributed by atoms with van der Waals surface area (Å²) in [4.78, 5) is 12.0. The highest BCUT2D eigenvalue weighted by molar-refractivity contribution is 9.10. The minimum absolute atomic E-state index is 0.00587. The molecule has 0 aromatic heterocycles. The van der Waals surface area contributed by atoms with Crippen LogP contribution in [0.25, 0.3) is 0 Å². The molecule has 0 aliphatic carbocycles. The first kappa shape index (κ1) is 16.6. The summed E-state index contributed by atoms with van der Waals surface area (Å²) in [7, 11) is 0. The van der Waals surface area contributed by atoms with Crippen molar-refractivity contribution in [3.05, 3.63) is 34.1 Å². The molecular weight excluding hydrogens is 377 g/mol. The highest BCUT2D eigenvalue weighted by Gasteiger charge is 2.20. The minimum Gasteiger partial charge on any atom is -0.351 e. The molecule has 1 aromatic rings.